The number of aryl methyl sites for hydroxylation is 2. The Morgan fingerprint density at radius 1 is 1.14 bits per heavy atom. The molecular weight excluding hydrogens is 442 g/mol. The van der Waals surface area contributed by atoms with Crippen LogP contribution < -0.4 is 5.32 Å². The van der Waals surface area contributed by atoms with E-state index in [9.17, 15) is 4.79 Å². The smallest absolute Gasteiger partial charge is 0.290 e. The molecule has 0 aliphatic heterocycles. The summed E-state index contributed by atoms with van der Waals surface area (Å²) in [5, 5.41) is 12.1. The molecule has 1 amide bonds. The van der Waals surface area contributed by atoms with Crippen LogP contribution in [0.3, 0.4) is 0 Å². The molecule has 5 rings (SSSR count). The van der Waals surface area contributed by atoms with Gasteiger partial charge in [-0.25, -0.2) is 9.97 Å². The van der Waals surface area contributed by atoms with Crippen molar-refractivity contribution in [2.45, 2.75) is 39.7 Å². The predicted octanol–water partition coefficient (Wildman–Crippen LogP) is 4.55. The van der Waals surface area contributed by atoms with Crippen molar-refractivity contribution in [3.05, 3.63) is 71.6 Å². The monoisotopic (exact) mass is 469 g/mol. The number of H-pyrrole nitrogens is 1. The lowest BCUT2D eigenvalue weighted by Crippen LogP contribution is -2.22. The minimum atomic E-state index is -0.288. The van der Waals surface area contributed by atoms with Crippen molar-refractivity contribution in [3.63, 3.8) is 0 Å². The number of aromatic nitrogens is 6. The first kappa shape index (κ1) is 22.5. The van der Waals surface area contributed by atoms with E-state index in [0.717, 1.165) is 50.4 Å². The Bertz CT molecular complexity index is 1530. The number of hydrogen-bond acceptors (Lipinski definition) is 6. The Labute approximate surface area is 202 Å². The maximum Gasteiger partial charge on any atom is 0.290 e. The maximum atomic E-state index is 12.6. The zero-order valence-electron chi connectivity index (χ0n) is 20.4. The number of amides is 1. The number of carbonyl (C=O) groups excluding carboxylic acids is 1. The lowest BCUT2D eigenvalue weighted by atomic mass is 9.92. The summed E-state index contributed by atoms with van der Waals surface area (Å²) in [5.74, 6) is -0.0753. The van der Waals surface area contributed by atoms with E-state index in [2.05, 4.69) is 36.6 Å². The molecule has 0 saturated carbocycles. The molecule has 9 heteroatoms. The zero-order chi connectivity index (χ0) is 24.7. The van der Waals surface area contributed by atoms with Crippen LogP contribution >= 0.6 is 0 Å². The van der Waals surface area contributed by atoms with E-state index in [1.165, 1.54) is 0 Å². The number of carbonyl (C=O) groups is 1. The topological polar surface area (TPSA) is 115 Å². The Kier molecular flexibility index (Phi) is 5.47. The third-order valence-corrected chi connectivity index (χ3v) is 6.00. The summed E-state index contributed by atoms with van der Waals surface area (Å²) in [6.45, 7) is 8.47. The van der Waals surface area contributed by atoms with Crippen LogP contribution in [0.4, 0.5) is 0 Å². The van der Waals surface area contributed by atoms with Crippen molar-refractivity contribution in [2.75, 3.05) is 0 Å². The van der Waals surface area contributed by atoms with Gasteiger partial charge >= 0.3 is 0 Å². The van der Waals surface area contributed by atoms with Gasteiger partial charge < -0.3 is 14.8 Å². The van der Waals surface area contributed by atoms with Gasteiger partial charge in [-0.15, -0.1) is 0 Å². The van der Waals surface area contributed by atoms with Crippen LogP contribution in [0.1, 0.15) is 48.1 Å². The van der Waals surface area contributed by atoms with E-state index in [4.69, 9.17) is 4.52 Å². The van der Waals surface area contributed by atoms with Crippen LogP contribution in [0.5, 0.6) is 0 Å². The Hall–Kier alpha value is -4.27. The highest BCUT2D eigenvalue weighted by Gasteiger charge is 2.22. The van der Waals surface area contributed by atoms with Crippen molar-refractivity contribution < 1.29 is 9.32 Å². The van der Waals surface area contributed by atoms with Gasteiger partial charge in [-0.2, -0.15) is 5.10 Å². The molecule has 9 nitrogen and oxygen atoms in total. The standard InChI is InChI=1S/C26H27N7O2/c1-15-8-16(6-7-17(15)11-27-25(34)21-10-22(32-35-21)26(2,3)4)23-19-9-20(18-12-30-33(5)13-18)31-24(19)29-14-28-23/h6-10,12-14H,11H2,1-5H3,(H,27,34)(H,28,29,31). The number of nitrogens with zero attached hydrogens (tertiary/aromatic N) is 5. The van der Waals surface area contributed by atoms with E-state index in [1.54, 1.807) is 17.1 Å². The van der Waals surface area contributed by atoms with E-state index in [1.807, 2.05) is 65.3 Å². The van der Waals surface area contributed by atoms with Crippen LogP contribution in [0.15, 0.2) is 53.6 Å². The molecule has 35 heavy (non-hydrogen) atoms. The number of fused-ring (bicyclic) bond motifs is 1. The minimum absolute atomic E-state index is 0.181. The lowest BCUT2D eigenvalue weighted by molar-refractivity contribution is 0.0913. The van der Waals surface area contributed by atoms with Gasteiger partial charge in [-0.1, -0.05) is 38.1 Å². The second kappa shape index (κ2) is 8.50. The molecule has 2 N–H and O–H groups in total. The molecule has 5 aromatic rings. The highest BCUT2D eigenvalue weighted by molar-refractivity contribution is 5.94. The van der Waals surface area contributed by atoms with Crippen LogP contribution in [-0.2, 0) is 19.0 Å². The van der Waals surface area contributed by atoms with Gasteiger partial charge in [0.25, 0.3) is 5.91 Å². The summed E-state index contributed by atoms with van der Waals surface area (Å²) in [7, 11) is 1.89. The van der Waals surface area contributed by atoms with Crippen LogP contribution in [0.2, 0.25) is 0 Å². The molecule has 0 spiro atoms. The average Bonchev–Trinajstić information content (AvgIpc) is 3.56. The normalized spacial score (nSPS) is 11.8. The lowest BCUT2D eigenvalue weighted by Gasteiger charge is -2.12. The summed E-state index contributed by atoms with van der Waals surface area (Å²) in [5.41, 5.74) is 7.13. The number of rotatable bonds is 5. The Morgan fingerprint density at radius 3 is 2.66 bits per heavy atom. The quantitative estimate of drug-likeness (QED) is 0.390. The molecule has 178 valence electrons. The molecule has 0 unspecified atom stereocenters. The molecule has 0 radical (unpaired) electrons. The van der Waals surface area contributed by atoms with Crippen molar-refractivity contribution in [1.82, 2.24) is 35.2 Å². The fourth-order valence-corrected chi connectivity index (χ4v) is 3.93. The second-order valence-corrected chi connectivity index (χ2v) is 9.72. The van der Waals surface area contributed by atoms with Crippen molar-refractivity contribution in [1.29, 1.82) is 0 Å². The Balaban J connectivity index is 1.36. The van der Waals surface area contributed by atoms with Crippen molar-refractivity contribution in [3.8, 4) is 22.5 Å². The summed E-state index contributed by atoms with van der Waals surface area (Å²) < 4.78 is 7.00. The van der Waals surface area contributed by atoms with Crippen molar-refractivity contribution in [2.24, 2.45) is 7.05 Å². The molecule has 0 aliphatic carbocycles. The third kappa shape index (κ3) is 4.44. The first-order valence-corrected chi connectivity index (χ1v) is 11.4. The van der Waals surface area contributed by atoms with E-state index in [-0.39, 0.29) is 17.1 Å². The number of aromatic amines is 1. The van der Waals surface area contributed by atoms with E-state index in [0.29, 0.717) is 6.54 Å². The molecule has 0 fully saturated rings. The first-order chi connectivity index (χ1) is 16.7. The van der Waals surface area contributed by atoms with Crippen LogP contribution in [-0.4, -0.2) is 35.8 Å². The van der Waals surface area contributed by atoms with E-state index >= 15 is 0 Å². The number of benzene rings is 1. The van der Waals surface area contributed by atoms with E-state index < -0.39 is 0 Å². The third-order valence-electron chi connectivity index (χ3n) is 6.00. The van der Waals surface area contributed by atoms with Crippen LogP contribution in [0, 0.1) is 6.92 Å². The molecule has 1 aromatic carbocycles. The summed E-state index contributed by atoms with van der Waals surface area (Å²) in [4.78, 5) is 24.9. The summed E-state index contributed by atoms with van der Waals surface area (Å²) in [6.07, 6.45) is 5.33. The first-order valence-electron chi connectivity index (χ1n) is 11.4. The number of nitrogens with one attached hydrogen (secondary N) is 2. The van der Waals surface area contributed by atoms with Gasteiger partial charge in [0.05, 0.1) is 23.3 Å². The number of hydrogen-bond donors (Lipinski definition) is 2. The highest BCUT2D eigenvalue weighted by atomic mass is 16.5. The average molecular weight is 470 g/mol. The fraction of sp³-hybridized carbons (Fsp3) is 0.269. The summed E-state index contributed by atoms with van der Waals surface area (Å²) >= 11 is 0. The Morgan fingerprint density at radius 2 is 1.97 bits per heavy atom. The molecule has 0 aliphatic rings. The SMILES string of the molecule is Cc1cc(-c2ncnc3[nH]c(-c4cnn(C)c4)cc23)ccc1CNC(=O)c1cc(C(C)(C)C)no1. The largest absolute Gasteiger partial charge is 0.351 e. The van der Waals surface area contributed by atoms with Gasteiger partial charge in [0.2, 0.25) is 5.76 Å². The van der Waals surface area contributed by atoms with Crippen LogP contribution in [0.25, 0.3) is 33.5 Å². The van der Waals surface area contributed by atoms with Crippen molar-refractivity contribution >= 4 is 16.9 Å². The molecule has 0 saturated heterocycles. The molecular formula is C26H27N7O2. The zero-order valence-corrected chi connectivity index (χ0v) is 20.4. The molecule has 0 atom stereocenters. The van der Waals surface area contributed by atoms with Gasteiger partial charge in [0.1, 0.15) is 12.0 Å². The van der Waals surface area contributed by atoms with Gasteiger partial charge in [-0.3, -0.25) is 9.48 Å². The minimum Gasteiger partial charge on any atom is -0.351 e. The molecule has 0 bridgehead atoms. The van der Waals surface area contributed by atoms with Gasteiger partial charge in [0, 0.05) is 47.8 Å². The molecule has 4 heterocycles. The van der Waals surface area contributed by atoms with Gasteiger partial charge in [-0.05, 0) is 30.2 Å². The molecule has 4 aromatic heterocycles. The van der Waals surface area contributed by atoms with Gasteiger partial charge in [0.15, 0.2) is 0 Å². The summed E-state index contributed by atoms with van der Waals surface area (Å²) in [6, 6.07) is 9.84. The predicted molar refractivity (Wildman–Crippen MR) is 133 cm³/mol. The highest BCUT2D eigenvalue weighted by Crippen LogP contribution is 2.30. The second-order valence-electron chi connectivity index (χ2n) is 9.72. The maximum absolute atomic E-state index is 12.6. The fourth-order valence-electron chi connectivity index (χ4n) is 3.93.